The van der Waals surface area contributed by atoms with Crippen molar-refractivity contribution in [3.63, 3.8) is 0 Å². The number of hydrogen-bond donors (Lipinski definition) is 1. The standard InChI is InChI=1S/C13H18FNO4S/c1-9-3-4-12(14)13(5-9)20(17,18)15-6-10(2)19-11(7-15)8-16/h3-5,10-11,16H,6-8H2,1-2H3. The first-order valence-corrected chi connectivity index (χ1v) is 7.81. The molecule has 2 atom stereocenters. The van der Waals surface area contributed by atoms with Crippen LogP contribution in [0.2, 0.25) is 0 Å². The van der Waals surface area contributed by atoms with Gasteiger partial charge in [0.05, 0.1) is 18.8 Å². The van der Waals surface area contributed by atoms with E-state index in [1.165, 1.54) is 16.4 Å². The van der Waals surface area contributed by atoms with E-state index in [-0.39, 0.29) is 30.7 Å². The Labute approximate surface area is 118 Å². The van der Waals surface area contributed by atoms with Gasteiger partial charge in [-0.25, -0.2) is 12.8 Å². The average molecular weight is 303 g/mol. The predicted molar refractivity (Wildman–Crippen MR) is 71.3 cm³/mol. The summed E-state index contributed by atoms with van der Waals surface area (Å²) in [5, 5.41) is 9.14. The third-order valence-corrected chi connectivity index (χ3v) is 5.05. The largest absolute Gasteiger partial charge is 0.394 e. The minimum Gasteiger partial charge on any atom is -0.394 e. The number of aliphatic hydroxyl groups excluding tert-OH is 1. The van der Waals surface area contributed by atoms with Gasteiger partial charge < -0.3 is 9.84 Å². The average Bonchev–Trinajstić information content (AvgIpc) is 2.40. The Kier molecular flexibility index (Phi) is 4.43. The first-order chi connectivity index (χ1) is 9.34. The molecule has 0 aromatic heterocycles. The highest BCUT2D eigenvalue weighted by Crippen LogP contribution is 2.24. The summed E-state index contributed by atoms with van der Waals surface area (Å²) in [6, 6.07) is 3.99. The van der Waals surface area contributed by atoms with E-state index in [4.69, 9.17) is 9.84 Å². The Morgan fingerprint density at radius 2 is 2.15 bits per heavy atom. The van der Waals surface area contributed by atoms with E-state index in [0.717, 1.165) is 6.07 Å². The highest BCUT2D eigenvalue weighted by Gasteiger charge is 2.35. The maximum atomic E-state index is 13.8. The molecule has 0 amide bonds. The van der Waals surface area contributed by atoms with Crippen LogP contribution in [0.1, 0.15) is 12.5 Å². The molecule has 112 valence electrons. The second-order valence-electron chi connectivity index (χ2n) is 5.01. The number of aryl methyl sites for hydroxylation is 1. The predicted octanol–water partition coefficient (Wildman–Crippen LogP) is 0.904. The maximum absolute atomic E-state index is 13.8. The first kappa shape index (κ1) is 15.4. The summed E-state index contributed by atoms with van der Waals surface area (Å²) in [4.78, 5) is -0.330. The van der Waals surface area contributed by atoms with Gasteiger partial charge in [-0.3, -0.25) is 0 Å². The van der Waals surface area contributed by atoms with Crippen molar-refractivity contribution in [3.8, 4) is 0 Å². The highest BCUT2D eigenvalue weighted by molar-refractivity contribution is 7.89. The number of morpholine rings is 1. The highest BCUT2D eigenvalue weighted by atomic mass is 32.2. The van der Waals surface area contributed by atoms with Crippen LogP contribution in [0.5, 0.6) is 0 Å². The van der Waals surface area contributed by atoms with Crippen LogP contribution < -0.4 is 0 Å². The molecule has 20 heavy (non-hydrogen) atoms. The zero-order valence-corrected chi connectivity index (χ0v) is 12.2. The van der Waals surface area contributed by atoms with Gasteiger partial charge in [0.1, 0.15) is 10.7 Å². The molecule has 0 aliphatic carbocycles. The van der Waals surface area contributed by atoms with Crippen LogP contribution in [0.4, 0.5) is 4.39 Å². The van der Waals surface area contributed by atoms with Gasteiger partial charge in [0.15, 0.2) is 0 Å². The molecule has 1 fully saturated rings. The summed E-state index contributed by atoms with van der Waals surface area (Å²) in [5.41, 5.74) is 0.671. The lowest BCUT2D eigenvalue weighted by Crippen LogP contribution is -2.50. The molecule has 1 saturated heterocycles. The number of benzene rings is 1. The van der Waals surface area contributed by atoms with E-state index < -0.39 is 21.9 Å². The SMILES string of the molecule is Cc1ccc(F)c(S(=O)(=O)N2CC(C)OC(CO)C2)c1. The van der Waals surface area contributed by atoms with Crippen molar-refractivity contribution < 1.29 is 22.7 Å². The lowest BCUT2D eigenvalue weighted by Gasteiger charge is -2.35. The summed E-state index contributed by atoms with van der Waals surface area (Å²) in [5.74, 6) is -0.768. The Bertz CT molecular complexity index is 590. The quantitative estimate of drug-likeness (QED) is 0.901. The van der Waals surface area contributed by atoms with Crippen LogP contribution in [-0.4, -0.2) is 49.7 Å². The molecular formula is C13H18FNO4S. The number of sulfonamides is 1. The lowest BCUT2D eigenvalue weighted by atomic mass is 10.2. The molecule has 2 unspecified atom stereocenters. The molecule has 2 rings (SSSR count). The van der Waals surface area contributed by atoms with Crippen molar-refractivity contribution >= 4 is 10.0 Å². The Balaban J connectivity index is 2.36. The summed E-state index contributed by atoms with van der Waals surface area (Å²) in [7, 11) is -3.92. The van der Waals surface area contributed by atoms with Crippen molar-refractivity contribution in [1.29, 1.82) is 0 Å². The van der Waals surface area contributed by atoms with E-state index in [2.05, 4.69) is 0 Å². The van der Waals surface area contributed by atoms with E-state index >= 15 is 0 Å². The molecule has 5 nitrogen and oxygen atoms in total. The number of ether oxygens (including phenoxy) is 1. The van der Waals surface area contributed by atoms with Gasteiger partial charge >= 0.3 is 0 Å². The van der Waals surface area contributed by atoms with Crippen LogP contribution in [0, 0.1) is 12.7 Å². The van der Waals surface area contributed by atoms with Gasteiger partial charge in [-0.1, -0.05) is 6.07 Å². The third-order valence-electron chi connectivity index (χ3n) is 3.20. The van der Waals surface area contributed by atoms with Crippen molar-refractivity contribution in [3.05, 3.63) is 29.6 Å². The lowest BCUT2D eigenvalue weighted by molar-refractivity contribution is -0.0750. The summed E-state index contributed by atoms with van der Waals surface area (Å²) in [6.45, 7) is 3.32. The zero-order valence-electron chi connectivity index (χ0n) is 11.4. The molecule has 1 N–H and O–H groups in total. The zero-order chi connectivity index (χ0) is 14.9. The van der Waals surface area contributed by atoms with E-state index in [1.54, 1.807) is 13.8 Å². The Morgan fingerprint density at radius 1 is 1.45 bits per heavy atom. The molecule has 1 aliphatic heterocycles. The molecule has 1 aromatic rings. The molecule has 0 spiro atoms. The van der Waals surface area contributed by atoms with E-state index in [1.807, 2.05) is 0 Å². The fourth-order valence-corrected chi connectivity index (χ4v) is 3.94. The number of rotatable bonds is 3. The van der Waals surface area contributed by atoms with Gasteiger partial charge in [0.25, 0.3) is 0 Å². The monoisotopic (exact) mass is 303 g/mol. The van der Waals surface area contributed by atoms with Gasteiger partial charge in [-0.2, -0.15) is 4.31 Å². The van der Waals surface area contributed by atoms with Crippen LogP contribution in [0.25, 0.3) is 0 Å². The van der Waals surface area contributed by atoms with Gasteiger partial charge in [-0.05, 0) is 31.5 Å². The summed E-state index contributed by atoms with van der Waals surface area (Å²) < 4.78 is 45.4. The normalized spacial score (nSPS) is 24.8. The molecule has 0 bridgehead atoms. The van der Waals surface area contributed by atoms with Gasteiger partial charge in [-0.15, -0.1) is 0 Å². The Morgan fingerprint density at radius 3 is 2.80 bits per heavy atom. The fourth-order valence-electron chi connectivity index (χ4n) is 2.25. The van der Waals surface area contributed by atoms with Crippen molar-refractivity contribution in [2.45, 2.75) is 31.0 Å². The van der Waals surface area contributed by atoms with Gasteiger partial charge in [0.2, 0.25) is 10.0 Å². The van der Waals surface area contributed by atoms with Crippen LogP contribution in [0.15, 0.2) is 23.1 Å². The number of halogens is 1. The number of hydrogen-bond acceptors (Lipinski definition) is 4. The topological polar surface area (TPSA) is 66.8 Å². The van der Waals surface area contributed by atoms with Crippen LogP contribution in [-0.2, 0) is 14.8 Å². The molecule has 1 heterocycles. The molecule has 0 saturated carbocycles. The Hall–Kier alpha value is -1.02. The molecule has 1 aromatic carbocycles. The number of aliphatic hydroxyl groups is 1. The maximum Gasteiger partial charge on any atom is 0.246 e. The van der Waals surface area contributed by atoms with E-state index in [9.17, 15) is 12.8 Å². The molecular weight excluding hydrogens is 285 g/mol. The van der Waals surface area contributed by atoms with E-state index in [0.29, 0.717) is 5.56 Å². The minimum absolute atomic E-state index is 0.0244. The molecule has 7 heteroatoms. The smallest absolute Gasteiger partial charge is 0.246 e. The minimum atomic E-state index is -3.92. The third kappa shape index (κ3) is 3.01. The van der Waals surface area contributed by atoms with Crippen LogP contribution >= 0.6 is 0 Å². The second kappa shape index (κ2) is 5.77. The summed E-state index contributed by atoms with van der Waals surface area (Å²) in [6.07, 6.45) is -0.926. The second-order valence-corrected chi connectivity index (χ2v) is 6.91. The van der Waals surface area contributed by atoms with Crippen LogP contribution in [0.3, 0.4) is 0 Å². The molecule has 1 aliphatic rings. The first-order valence-electron chi connectivity index (χ1n) is 6.37. The van der Waals surface area contributed by atoms with Gasteiger partial charge in [0, 0.05) is 13.1 Å². The molecule has 0 radical (unpaired) electrons. The number of nitrogens with zero attached hydrogens (tertiary/aromatic N) is 1. The van der Waals surface area contributed by atoms with Crippen molar-refractivity contribution in [2.24, 2.45) is 0 Å². The van der Waals surface area contributed by atoms with Crippen molar-refractivity contribution in [1.82, 2.24) is 4.31 Å². The summed E-state index contributed by atoms with van der Waals surface area (Å²) >= 11 is 0. The fraction of sp³-hybridized carbons (Fsp3) is 0.538. The van der Waals surface area contributed by atoms with Crippen molar-refractivity contribution in [2.75, 3.05) is 19.7 Å².